The zero-order chi connectivity index (χ0) is 13.6. The summed E-state index contributed by atoms with van der Waals surface area (Å²) in [6.45, 7) is 4.14. The summed E-state index contributed by atoms with van der Waals surface area (Å²) in [6, 6.07) is 2.95. The van der Waals surface area contributed by atoms with Gasteiger partial charge in [-0.2, -0.15) is 0 Å². The molecule has 1 aliphatic carbocycles. The molecule has 0 aliphatic heterocycles. The molecule has 3 rings (SSSR count). The number of nitrogens with zero attached hydrogens (tertiary/aromatic N) is 2. The van der Waals surface area contributed by atoms with E-state index in [4.69, 9.17) is 0 Å². The van der Waals surface area contributed by atoms with Crippen LogP contribution >= 0.6 is 11.3 Å². The van der Waals surface area contributed by atoms with E-state index in [-0.39, 0.29) is 17.0 Å². The molecule has 0 radical (unpaired) electrons. The number of carbonyl (C=O) groups is 1. The zero-order valence-corrected chi connectivity index (χ0v) is 11.6. The highest BCUT2D eigenvalue weighted by molar-refractivity contribution is 7.17. The number of carbonyl (C=O) groups excluding carboxylic acids is 1. The molecule has 0 spiro atoms. The number of thiazole rings is 1. The van der Waals surface area contributed by atoms with E-state index in [9.17, 15) is 9.18 Å². The highest BCUT2D eigenvalue weighted by atomic mass is 32.1. The minimum absolute atomic E-state index is 0.0361. The third-order valence-corrected chi connectivity index (χ3v) is 4.34. The Kier molecular flexibility index (Phi) is 2.74. The quantitative estimate of drug-likeness (QED) is 0.800. The van der Waals surface area contributed by atoms with Gasteiger partial charge in [-0.15, -0.1) is 11.3 Å². The van der Waals surface area contributed by atoms with Gasteiger partial charge < -0.3 is 0 Å². The van der Waals surface area contributed by atoms with Crippen LogP contribution in [0.2, 0.25) is 0 Å². The number of Topliss-reactive ketones (excluding diaryl/α,β-unsaturated/α-hetero) is 1. The number of halogens is 1. The third-order valence-electron chi connectivity index (χ3n) is 3.18. The summed E-state index contributed by atoms with van der Waals surface area (Å²) in [4.78, 5) is 21.4. The molecule has 0 saturated carbocycles. The maximum atomic E-state index is 12.9. The van der Waals surface area contributed by atoms with Gasteiger partial charge in [0.15, 0.2) is 5.78 Å². The van der Waals surface area contributed by atoms with E-state index in [1.807, 2.05) is 0 Å². The van der Waals surface area contributed by atoms with Crippen molar-refractivity contribution >= 4 is 17.1 Å². The summed E-state index contributed by atoms with van der Waals surface area (Å²) in [5.74, 6) is -0.223. The summed E-state index contributed by atoms with van der Waals surface area (Å²) in [5, 5.41) is 0.691. The fourth-order valence-electron chi connectivity index (χ4n) is 2.33. The van der Waals surface area contributed by atoms with Crippen molar-refractivity contribution in [3.63, 3.8) is 0 Å². The highest BCUT2D eigenvalue weighted by Gasteiger charge is 2.34. The van der Waals surface area contributed by atoms with Crippen LogP contribution in [-0.2, 0) is 6.42 Å². The number of ketones is 1. The number of rotatable bonds is 1. The molecular formula is C14H13FN2OS. The summed E-state index contributed by atoms with van der Waals surface area (Å²) < 4.78 is 12.9. The van der Waals surface area contributed by atoms with Gasteiger partial charge in [0, 0.05) is 6.42 Å². The van der Waals surface area contributed by atoms with Crippen LogP contribution in [0.3, 0.4) is 0 Å². The molecule has 2 heterocycles. The van der Waals surface area contributed by atoms with Crippen molar-refractivity contribution in [1.29, 1.82) is 0 Å². The monoisotopic (exact) mass is 276 g/mol. The molecule has 0 fully saturated rings. The number of hydrogen-bond acceptors (Lipinski definition) is 4. The normalized spacial score (nSPS) is 17.3. The van der Waals surface area contributed by atoms with E-state index >= 15 is 0 Å². The van der Waals surface area contributed by atoms with Gasteiger partial charge in [0.1, 0.15) is 10.8 Å². The Balaban J connectivity index is 2.03. The van der Waals surface area contributed by atoms with E-state index in [1.165, 1.54) is 23.6 Å². The van der Waals surface area contributed by atoms with Gasteiger partial charge in [-0.3, -0.25) is 9.78 Å². The topological polar surface area (TPSA) is 42.9 Å². The largest absolute Gasteiger partial charge is 0.293 e. The lowest BCUT2D eigenvalue weighted by atomic mass is 9.78. The van der Waals surface area contributed by atoms with Crippen molar-refractivity contribution in [2.75, 3.05) is 0 Å². The van der Waals surface area contributed by atoms with E-state index in [2.05, 4.69) is 23.8 Å². The third kappa shape index (κ3) is 2.30. The predicted molar refractivity (Wildman–Crippen MR) is 71.7 cm³/mol. The van der Waals surface area contributed by atoms with Crippen LogP contribution in [0.4, 0.5) is 4.39 Å². The molecule has 3 nitrogen and oxygen atoms in total. The molecule has 0 bridgehead atoms. The molecule has 0 amide bonds. The molecule has 5 heteroatoms. The van der Waals surface area contributed by atoms with Crippen molar-refractivity contribution in [2.45, 2.75) is 26.7 Å². The van der Waals surface area contributed by atoms with Gasteiger partial charge in [0.25, 0.3) is 0 Å². The maximum Gasteiger partial charge on any atom is 0.175 e. The lowest BCUT2D eigenvalue weighted by molar-refractivity contribution is 0.0916. The van der Waals surface area contributed by atoms with Gasteiger partial charge in [0.05, 0.1) is 22.5 Å². The van der Waals surface area contributed by atoms with Gasteiger partial charge >= 0.3 is 0 Å². The first-order chi connectivity index (χ1) is 8.94. The second-order valence-corrected chi connectivity index (χ2v) is 6.60. The summed E-state index contributed by atoms with van der Waals surface area (Å²) in [7, 11) is 0. The van der Waals surface area contributed by atoms with Crippen LogP contribution in [-0.4, -0.2) is 15.8 Å². The van der Waals surface area contributed by atoms with Gasteiger partial charge in [-0.05, 0) is 24.0 Å². The SMILES string of the molecule is CC1(C)CC(=O)c2sc(-c3ccc(F)cn3)nc2C1. The van der Waals surface area contributed by atoms with Crippen molar-refractivity contribution < 1.29 is 9.18 Å². The lowest BCUT2D eigenvalue weighted by Gasteiger charge is -2.26. The van der Waals surface area contributed by atoms with Crippen LogP contribution in [0, 0.1) is 11.2 Å². The van der Waals surface area contributed by atoms with Gasteiger partial charge in [-0.1, -0.05) is 13.8 Å². The number of aromatic nitrogens is 2. The van der Waals surface area contributed by atoms with E-state index in [0.29, 0.717) is 17.1 Å². The van der Waals surface area contributed by atoms with Crippen molar-refractivity contribution in [2.24, 2.45) is 5.41 Å². The smallest absolute Gasteiger partial charge is 0.175 e. The first kappa shape index (κ1) is 12.4. The van der Waals surface area contributed by atoms with Crippen molar-refractivity contribution in [1.82, 2.24) is 9.97 Å². The molecule has 0 unspecified atom stereocenters. The summed E-state index contributed by atoms with van der Waals surface area (Å²) in [5.41, 5.74) is 1.44. The minimum Gasteiger partial charge on any atom is -0.293 e. The standard InChI is InChI=1S/C14H13FN2OS/c1-14(2)5-10-12(11(18)6-14)19-13(17-10)9-4-3-8(15)7-16-9/h3-4,7H,5-6H2,1-2H3. The van der Waals surface area contributed by atoms with Crippen LogP contribution in [0.15, 0.2) is 18.3 Å². The number of hydrogen-bond donors (Lipinski definition) is 0. The van der Waals surface area contributed by atoms with E-state index in [1.54, 1.807) is 6.07 Å². The predicted octanol–water partition coefficient (Wildman–Crippen LogP) is 3.50. The maximum absolute atomic E-state index is 12.9. The van der Waals surface area contributed by atoms with Crippen LogP contribution in [0.1, 0.15) is 35.6 Å². The Bertz CT molecular complexity index is 646. The molecule has 98 valence electrons. The van der Waals surface area contributed by atoms with Crippen LogP contribution < -0.4 is 0 Å². The Hall–Kier alpha value is -1.62. The second-order valence-electron chi connectivity index (χ2n) is 5.60. The van der Waals surface area contributed by atoms with Crippen molar-refractivity contribution in [3.05, 3.63) is 34.7 Å². The molecule has 2 aromatic heterocycles. The average molecular weight is 276 g/mol. The molecule has 2 aromatic rings. The Labute approximate surface area is 114 Å². The number of pyridine rings is 1. The number of fused-ring (bicyclic) bond motifs is 1. The first-order valence-electron chi connectivity index (χ1n) is 6.09. The molecule has 19 heavy (non-hydrogen) atoms. The Morgan fingerprint density at radius 3 is 2.79 bits per heavy atom. The summed E-state index contributed by atoms with van der Waals surface area (Å²) >= 11 is 1.36. The average Bonchev–Trinajstić information content (AvgIpc) is 2.72. The van der Waals surface area contributed by atoms with Gasteiger partial charge in [-0.25, -0.2) is 9.37 Å². The van der Waals surface area contributed by atoms with Gasteiger partial charge in [0.2, 0.25) is 0 Å². The van der Waals surface area contributed by atoms with Crippen LogP contribution in [0.5, 0.6) is 0 Å². The van der Waals surface area contributed by atoms with Crippen LogP contribution in [0.25, 0.3) is 10.7 Å². The molecule has 0 atom stereocenters. The molecular weight excluding hydrogens is 263 g/mol. The Morgan fingerprint density at radius 1 is 1.32 bits per heavy atom. The Morgan fingerprint density at radius 2 is 2.11 bits per heavy atom. The molecule has 1 aliphatic rings. The lowest BCUT2D eigenvalue weighted by Crippen LogP contribution is -2.25. The summed E-state index contributed by atoms with van der Waals surface area (Å²) in [6.07, 6.45) is 2.52. The fourth-order valence-corrected chi connectivity index (χ4v) is 3.33. The van der Waals surface area contributed by atoms with Crippen molar-refractivity contribution in [3.8, 4) is 10.7 Å². The van der Waals surface area contributed by atoms with E-state index < -0.39 is 0 Å². The second kappa shape index (κ2) is 4.20. The van der Waals surface area contributed by atoms with E-state index in [0.717, 1.165) is 17.0 Å². The highest BCUT2D eigenvalue weighted by Crippen LogP contribution is 2.38. The fraction of sp³-hybridized carbons (Fsp3) is 0.357. The first-order valence-corrected chi connectivity index (χ1v) is 6.91. The molecule has 0 saturated heterocycles. The zero-order valence-electron chi connectivity index (χ0n) is 10.7. The minimum atomic E-state index is -0.373. The molecule has 0 aromatic carbocycles. The molecule has 0 N–H and O–H groups in total.